The molecule has 1 aliphatic carbocycles. The third-order valence-electron chi connectivity index (χ3n) is 5.39. The summed E-state index contributed by atoms with van der Waals surface area (Å²) in [4.78, 5) is 31.4. The molecule has 4 rings (SSSR count). The maximum Gasteiger partial charge on any atom is 0.268 e. The first-order chi connectivity index (χ1) is 14.4. The molecule has 0 radical (unpaired) electrons. The van der Waals surface area contributed by atoms with Crippen molar-refractivity contribution in [2.24, 2.45) is 0 Å². The molecule has 1 fully saturated rings. The number of carbonyl (C=O) groups excluding carboxylic acids is 1. The van der Waals surface area contributed by atoms with Crippen LogP contribution in [0.4, 0.5) is 5.69 Å². The molecule has 30 heavy (non-hydrogen) atoms. The van der Waals surface area contributed by atoms with E-state index in [1.165, 1.54) is 18.2 Å². The van der Waals surface area contributed by atoms with Crippen LogP contribution in [0.5, 0.6) is 0 Å². The number of carbonyl (C=O) groups is 1. The van der Waals surface area contributed by atoms with E-state index in [9.17, 15) is 9.59 Å². The molecule has 1 aliphatic heterocycles. The number of hydrogen-bond acceptors (Lipinski definition) is 5. The molecule has 0 bridgehead atoms. The minimum absolute atomic E-state index is 0.0636. The fourth-order valence-corrected chi connectivity index (χ4v) is 6.26. The Morgan fingerprint density at radius 1 is 1.27 bits per heavy atom. The molecule has 2 heterocycles. The third kappa shape index (κ3) is 4.85. The number of hydrogen-bond donors (Lipinski definition) is 1. The lowest BCUT2D eigenvalue weighted by molar-refractivity contribution is -0.113. The number of anilines is 1. The van der Waals surface area contributed by atoms with Crippen LogP contribution in [0.3, 0.4) is 0 Å². The van der Waals surface area contributed by atoms with Crippen LogP contribution >= 0.6 is 46.7 Å². The standard InChI is InChI=1S/C21H23Cl2N3O2S2/c1-12-9-17-19(30-12)20(28)26(14-5-3-2-4-6-14)21(25-17)29-11-18(27)24-13-7-8-15(22)16(23)10-13/h7-8,10,12,14H,2-6,9,11H2,1H3,(H,24,27). The number of halogens is 2. The smallest absolute Gasteiger partial charge is 0.268 e. The van der Waals surface area contributed by atoms with Crippen molar-refractivity contribution >= 4 is 58.3 Å². The average Bonchev–Trinajstić information content (AvgIpc) is 3.10. The van der Waals surface area contributed by atoms with Gasteiger partial charge in [0.1, 0.15) is 0 Å². The van der Waals surface area contributed by atoms with E-state index >= 15 is 0 Å². The van der Waals surface area contributed by atoms with Gasteiger partial charge in [-0.2, -0.15) is 0 Å². The molecule has 0 saturated heterocycles. The lowest BCUT2D eigenvalue weighted by atomic mass is 9.95. The van der Waals surface area contributed by atoms with Crippen LogP contribution in [0.25, 0.3) is 0 Å². The van der Waals surface area contributed by atoms with E-state index in [-0.39, 0.29) is 23.3 Å². The number of nitrogens with zero attached hydrogens (tertiary/aromatic N) is 2. The van der Waals surface area contributed by atoms with E-state index in [2.05, 4.69) is 12.2 Å². The molecule has 1 N–H and O–H groups in total. The highest BCUT2D eigenvalue weighted by molar-refractivity contribution is 8.00. The summed E-state index contributed by atoms with van der Waals surface area (Å²) in [6.07, 6.45) is 6.24. The lowest BCUT2D eigenvalue weighted by Gasteiger charge is -2.26. The summed E-state index contributed by atoms with van der Waals surface area (Å²) in [5.41, 5.74) is 1.53. The van der Waals surface area contributed by atoms with Crippen LogP contribution in [0.1, 0.15) is 50.8 Å². The Labute approximate surface area is 194 Å². The zero-order valence-corrected chi connectivity index (χ0v) is 19.8. The predicted octanol–water partition coefficient (Wildman–Crippen LogP) is 5.82. The van der Waals surface area contributed by atoms with Crippen molar-refractivity contribution in [1.29, 1.82) is 0 Å². The number of nitrogens with one attached hydrogen (secondary N) is 1. The van der Waals surface area contributed by atoms with Crippen molar-refractivity contribution in [3.05, 3.63) is 44.3 Å². The number of rotatable bonds is 5. The van der Waals surface area contributed by atoms with Gasteiger partial charge in [-0.15, -0.1) is 11.8 Å². The molecule has 2 aliphatic rings. The second-order valence-electron chi connectivity index (χ2n) is 7.74. The first-order valence-electron chi connectivity index (χ1n) is 10.1. The lowest BCUT2D eigenvalue weighted by Crippen LogP contribution is -2.30. The molecule has 1 saturated carbocycles. The van der Waals surface area contributed by atoms with Crippen molar-refractivity contribution < 1.29 is 4.79 Å². The monoisotopic (exact) mass is 483 g/mol. The fraction of sp³-hybridized carbons (Fsp3) is 0.476. The molecule has 1 aromatic heterocycles. The van der Waals surface area contributed by atoms with Crippen molar-refractivity contribution in [1.82, 2.24) is 9.55 Å². The van der Waals surface area contributed by atoms with Gasteiger partial charge in [0.2, 0.25) is 5.91 Å². The molecule has 0 spiro atoms. The van der Waals surface area contributed by atoms with E-state index in [1.54, 1.807) is 30.0 Å². The summed E-state index contributed by atoms with van der Waals surface area (Å²) in [7, 11) is 0. The zero-order valence-electron chi connectivity index (χ0n) is 16.6. The molecule has 1 atom stereocenters. The second kappa shape index (κ2) is 9.55. The molecule has 2 aromatic rings. The number of aromatic nitrogens is 2. The third-order valence-corrected chi connectivity index (χ3v) is 8.29. The van der Waals surface area contributed by atoms with Crippen LogP contribution in [0, 0.1) is 0 Å². The fourth-order valence-electron chi connectivity index (χ4n) is 3.98. The summed E-state index contributed by atoms with van der Waals surface area (Å²) in [6, 6.07) is 5.15. The minimum atomic E-state index is -0.175. The Morgan fingerprint density at radius 3 is 2.77 bits per heavy atom. The summed E-state index contributed by atoms with van der Waals surface area (Å²) in [6.45, 7) is 2.12. The quantitative estimate of drug-likeness (QED) is 0.428. The van der Waals surface area contributed by atoms with Crippen molar-refractivity contribution in [3.63, 3.8) is 0 Å². The van der Waals surface area contributed by atoms with Crippen molar-refractivity contribution in [3.8, 4) is 0 Å². The highest BCUT2D eigenvalue weighted by atomic mass is 35.5. The minimum Gasteiger partial charge on any atom is -0.325 e. The largest absolute Gasteiger partial charge is 0.325 e. The van der Waals surface area contributed by atoms with Crippen LogP contribution < -0.4 is 10.9 Å². The molecule has 9 heteroatoms. The Morgan fingerprint density at radius 2 is 2.03 bits per heavy atom. The van der Waals surface area contributed by atoms with Crippen LogP contribution in [0.2, 0.25) is 10.0 Å². The molecule has 1 aromatic carbocycles. The van der Waals surface area contributed by atoms with Gasteiger partial charge in [-0.1, -0.05) is 61.1 Å². The first-order valence-corrected chi connectivity index (χ1v) is 12.7. The summed E-state index contributed by atoms with van der Waals surface area (Å²) >= 11 is 14.9. The van der Waals surface area contributed by atoms with Crippen LogP contribution in [-0.4, -0.2) is 26.5 Å². The number of thioether (sulfide) groups is 2. The van der Waals surface area contributed by atoms with Gasteiger partial charge in [0.05, 0.1) is 26.4 Å². The molecule has 5 nitrogen and oxygen atoms in total. The van der Waals surface area contributed by atoms with E-state index in [0.29, 0.717) is 26.1 Å². The Bertz CT molecular complexity index is 1020. The van der Waals surface area contributed by atoms with E-state index in [1.807, 2.05) is 4.57 Å². The summed E-state index contributed by atoms with van der Waals surface area (Å²) in [5, 5.41) is 4.68. The highest BCUT2D eigenvalue weighted by Gasteiger charge is 2.29. The normalized spacial score (nSPS) is 19.0. The number of benzene rings is 1. The Balaban J connectivity index is 1.54. The van der Waals surface area contributed by atoms with E-state index < -0.39 is 0 Å². The SMILES string of the molecule is CC1Cc2nc(SCC(=O)Nc3ccc(Cl)c(Cl)c3)n(C3CCCCC3)c(=O)c2S1. The highest BCUT2D eigenvalue weighted by Crippen LogP contribution is 2.37. The molecule has 1 amide bonds. The molecule has 160 valence electrons. The molecule has 1 unspecified atom stereocenters. The Hall–Kier alpha value is -1.15. The maximum absolute atomic E-state index is 13.3. The summed E-state index contributed by atoms with van der Waals surface area (Å²) < 4.78 is 1.86. The second-order valence-corrected chi connectivity index (χ2v) is 10.9. The van der Waals surface area contributed by atoms with Gasteiger partial charge < -0.3 is 5.32 Å². The zero-order chi connectivity index (χ0) is 21.3. The molecular formula is C21H23Cl2N3O2S2. The number of amides is 1. The predicted molar refractivity (Wildman–Crippen MR) is 125 cm³/mol. The number of fused-ring (bicyclic) bond motifs is 1. The van der Waals surface area contributed by atoms with Crippen LogP contribution in [0.15, 0.2) is 33.0 Å². The first kappa shape index (κ1) is 22.1. The van der Waals surface area contributed by atoms with Gasteiger partial charge >= 0.3 is 0 Å². The van der Waals surface area contributed by atoms with Gasteiger partial charge in [0.15, 0.2) is 5.16 Å². The van der Waals surface area contributed by atoms with Gasteiger partial charge in [0, 0.05) is 23.4 Å². The average molecular weight is 484 g/mol. The molecular weight excluding hydrogens is 461 g/mol. The maximum atomic E-state index is 13.3. The van der Waals surface area contributed by atoms with Gasteiger partial charge in [0.25, 0.3) is 5.56 Å². The van der Waals surface area contributed by atoms with Gasteiger partial charge in [-0.25, -0.2) is 4.98 Å². The van der Waals surface area contributed by atoms with Crippen LogP contribution in [-0.2, 0) is 11.2 Å². The van der Waals surface area contributed by atoms with Gasteiger partial charge in [-0.05, 0) is 31.0 Å². The Kier molecular flexibility index (Phi) is 7.02. The summed E-state index contributed by atoms with van der Waals surface area (Å²) in [5.74, 6) is -0.00738. The van der Waals surface area contributed by atoms with Crippen molar-refractivity contribution in [2.75, 3.05) is 11.1 Å². The van der Waals surface area contributed by atoms with Gasteiger partial charge in [-0.3, -0.25) is 14.2 Å². The van der Waals surface area contributed by atoms with Crippen molar-refractivity contribution in [2.45, 2.75) is 66.8 Å². The topological polar surface area (TPSA) is 64.0 Å². The van der Waals surface area contributed by atoms with E-state index in [4.69, 9.17) is 28.2 Å². The van der Waals surface area contributed by atoms with E-state index in [0.717, 1.165) is 42.7 Å².